The van der Waals surface area contributed by atoms with Gasteiger partial charge in [-0.1, -0.05) is 43.0 Å². The third-order valence-electron chi connectivity index (χ3n) is 4.96. The smallest absolute Gasteiger partial charge is 0.230 e. The standard InChI is InChI=1S/C17H23ClN2O/c18-15-6-4-14(5-7-15)17(8-2-1-3-9-17)16(21)20-12-13-10-19-11-13/h4-7,13,19H,1-3,8-12H2,(H,20,21). The zero-order valence-electron chi connectivity index (χ0n) is 12.3. The lowest BCUT2D eigenvalue weighted by atomic mass is 9.68. The molecule has 0 unspecified atom stereocenters. The Morgan fingerprint density at radius 1 is 1.19 bits per heavy atom. The van der Waals surface area contributed by atoms with Gasteiger partial charge in [0.25, 0.3) is 0 Å². The molecular weight excluding hydrogens is 284 g/mol. The first-order valence-electron chi connectivity index (χ1n) is 7.96. The summed E-state index contributed by atoms with van der Waals surface area (Å²) in [6, 6.07) is 7.85. The highest BCUT2D eigenvalue weighted by Crippen LogP contribution is 2.40. The number of rotatable bonds is 4. The molecule has 2 fully saturated rings. The molecule has 0 bridgehead atoms. The lowest BCUT2D eigenvalue weighted by Gasteiger charge is -2.37. The zero-order valence-corrected chi connectivity index (χ0v) is 13.1. The second-order valence-electron chi connectivity index (χ2n) is 6.38. The van der Waals surface area contributed by atoms with E-state index in [1.165, 1.54) is 6.42 Å². The number of nitrogens with one attached hydrogen (secondary N) is 2. The minimum atomic E-state index is -0.347. The van der Waals surface area contributed by atoms with Crippen molar-refractivity contribution in [2.24, 2.45) is 5.92 Å². The Bertz CT molecular complexity index is 490. The molecule has 1 saturated carbocycles. The SMILES string of the molecule is O=C(NCC1CNC1)C1(c2ccc(Cl)cc2)CCCCC1. The van der Waals surface area contributed by atoms with Crippen LogP contribution in [0.15, 0.2) is 24.3 Å². The van der Waals surface area contributed by atoms with E-state index in [4.69, 9.17) is 11.6 Å². The Balaban J connectivity index is 1.78. The van der Waals surface area contributed by atoms with Crippen LogP contribution in [-0.4, -0.2) is 25.5 Å². The van der Waals surface area contributed by atoms with Gasteiger partial charge < -0.3 is 10.6 Å². The summed E-state index contributed by atoms with van der Waals surface area (Å²) in [6.45, 7) is 2.84. The second kappa shape index (κ2) is 6.37. The fourth-order valence-electron chi connectivity index (χ4n) is 3.47. The Kier molecular flexibility index (Phi) is 4.51. The molecule has 2 aliphatic rings. The summed E-state index contributed by atoms with van der Waals surface area (Å²) in [5.74, 6) is 0.802. The molecule has 3 nitrogen and oxygen atoms in total. The first-order valence-corrected chi connectivity index (χ1v) is 8.33. The number of hydrogen-bond acceptors (Lipinski definition) is 2. The Hall–Kier alpha value is -1.06. The number of hydrogen-bond donors (Lipinski definition) is 2. The van der Waals surface area contributed by atoms with Crippen LogP contribution in [0, 0.1) is 5.92 Å². The summed E-state index contributed by atoms with van der Waals surface area (Å²) in [5.41, 5.74) is 0.774. The molecule has 1 aliphatic carbocycles. The van der Waals surface area contributed by atoms with Gasteiger partial charge in [0.1, 0.15) is 0 Å². The average Bonchev–Trinajstić information content (AvgIpc) is 2.47. The number of amides is 1. The Morgan fingerprint density at radius 3 is 2.43 bits per heavy atom. The quantitative estimate of drug-likeness (QED) is 0.898. The van der Waals surface area contributed by atoms with E-state index in [0.717, 1.165) is 55.9 Å². The van der Waals surface area contributed by atoms with Crippen LogP contribution in [0.1, 0.15) is 37.7 Å². The fraction of sp³-hybridized carbons (Fsp3) is 0.588. The normalized spacial score (nSPS) is 21.6. The molecule has 114 valence electrons. The van der Waals surface area contributed by atoms with Gasteiger partial charge in [-0.15, -0.1) is 0 Å². The van der Waals surface area contributed by atoms with E-state index in [2.05, 4.69) is 10.6 Å². The topological polar surface area (TPSA) is 41.1 Å². The molecule has 1 amide bonds. The van der Waals surface area contributed by atoms with Crippen molar-refractivity contribution in [2.45, 2.75) is 37.5 Å². The molecule has 1 aliphatic heterocycles. The van der Waals surface area contributed by atoms with Crippen LogP contribution in [0.5, 0.6) is 0 Å². The highest BCUT2D eigenvalue weighted by Gasteiger charge is 2.41. The van der Waals surface area contributed by atoms with Crippen LogP contribution in [0.2, 0.25) is 5.02 Å². The van der Waals surface area contributed by atoms with Crippen LogP contribution in [-0.2, 0) is 10.2 Å². The summed E-state index contributed by atoms with van der Waals surface area (Å²) in [5, 5.41) is 7.17. The molecule has 1 heterocycles. The van der Waals surface area contributed by atoms with Crippen LogP contribution in [0.4, 0.5) is 0 Å². The number of halogens is 1. The third-order valence-corrected chi connectivity index (χ3v) is 5.21. The van der Waals surface area contributed by atoms with Crippen molar-refractivity contribution in [2.75, 3.05) is 19.6 Å². The molecule has 3 rings (SSSR count). The number of carbonyl (C=O) groups is 1. The Labute approximate surface area is 131 Å². The summed E-state index contributed by atoms with van der Waals surface area (Å²) in [6.07, 6.45) is 5.38. The van der Waals surface area contributed by atoms with Gasteiger partial charge in [0.05, 0.1) is 5.41 Å². The van der Waals surface area contributed by atoms with Crippen LogP contribution < -0.4 is 10.6 Å². The highest BCUT2D eigenvalue weighted by molar-refractivity contribution is 6.30. The van der Waals surface area contributed by atoms with Crippen molar-refractivity contribution in [1.29, 1.82) is 0 Å². The van der Waals surface area contributed by atoms with E-state index >= 15 is 0 Å². The van der Waals surface area contributed by atoms with Crippen molar-refractivity contribution >= 4 is 17.5 Å². The molecule has 0 atom stereocenters. The monoisotopic (exact) mass is 306 g/mol. The van der Waals surface area contributed by atoms with Gasteiger partial charge in [0, 0.05) is 30.6 Å². The number of carbonyl (C=O) groups excluding carboxylic acids is 1. The minimum absolute atomic E-state index is 0.205. The molecular formula is C17H23ClN2O. The Morgan fingerprint density at radius 2 is 1.86 bits per heavy atom. The third kappa shape index (κ3) is 3.09. The maximum Gasteiger partial charge on any atom is 0.230 e. The first-order chi connectivity index (χ1) is 10.2. The summed E-state index contributed by atoms with van der Waals surface area (Å²) in [7, 11) is 0. The van der Waals surface area contributed by atoms with Gasteiger partial charge in [-0.05, 0) is 30.5 Å². The fourth-order valence-corrected chi connectivity index (χ4v) is 3.60. The van der Waals surface area contributed by atoms with Crippen molar-refractivity contribution in [3.63, 3.8) is 0 Å². The van der Waals surface area contributed by atoms with Gasteiger partial charge in [0.15, 0.2) is 0 Å². The minimum Gasteiger partial charge on any atom is -0.355 e. The van der Waals surface area contributed by atoms with Gasteiger partial charge in [-0.2, -0.15) is 0 Å². The molecule has 1 saturated heterocycles. The van der Waals surface area contributed by atoms with Gasteiger partial charge in [-0.3, -0.25) is 4.79 Å². The van der Waals surface area contributed by atoms with E-state index < -0.39 is 0 Å². The largest absolute Gasteiger partial charge is 0.355 e. The average molecular weight is 307 g/mol. The molecule has 0 aromatic heterocycles. The van der Waals surface area contributed by atoms with Crippen LogP contribution in [0.25, 0.3) is 0 Å². The maximum atomic E-state index is 12.9. The number of benzene rings is 1. The zero-order chi connectivity index (χ0) is 14.7. The van der Waals surface area contributed by atoms with E-state index in [1.54, 1.807) is 0 Å². The van der Waals surface area contributed by atoms with Crippen molar-refractivity contribution in [3.05, 3.63) is 34.9 Å². The molecule has 4 heteroatoms. The first kappa shape index (κ1) is 14.9. The molecule has 1 aromatic carbocycles. The van der Waals surface area contributed by atoms with Crippen molar-refractivity contribution < 1.29 is 4.79 Å². The van der Waals surface area contributed by atoms with Gasteiger partial charge >= 0.3 is 0 Å². The van der Waals surface area contributed by atoms with Crippen LogP contribution >= 0.6 is 11.6 Å². The summed E-state index contributed by atoms with van der Waals surface area (Å²) < 4.78 is 0. The molecule has 0 radical (unpaired) electrons. The molecule has 0 spiro atoms. The highest BCUT2D eigenvalue weighted by atomic mass is 35.5. The van der Waals surface area contributed by atoms with E-state index in [-0.39, 0.29) is 11.3 Å². The molecule has 1 aromatic rings. The van der Waals surface area contributed by atoms with Crippen molar-refractivity contribution in [1.82, 2.24) is 10.6 Å². The maximum absolute atomic E-state index is 12.9. The van der Waals surface area contributed by atoms with E-state index in [0.29, 0.717) is 5.92 Å². The summed E-state index contributed by atoms with van der Waals surface area (Å²) >= 11 is 6.00. The molecule has 2 N–H and O–H groups in total. The van der Waals surface area contributed by atoms with Gasteiger partial charge in [-0.25, -0.2) is 0 Å². The lowest BCUT2D eigenvalue weighted by molar-refractivity contribution is -0.128. The van der Waals surface area contributed by atoms with Gasteiger partial charge in [0.2, 0.25) is 5.91 Å². The van der Waals surface area contributed by atoms with E-state index in [9.17, 15) is 4.79 Å². The van der Waals surface area contributed by atoms with Crippen LogP contribution in [0.3, 0.4) is 0 Å². The summed E-state index contributed by atoms with van der Waals surface area (Å²) in [4.78, 5) is 12.9. The predicted octanol–water partition coefficient (Wildman–Crippen LogP) is 2.88. The van der Waals surface area contributed by atoms with E-state index in [1.807, 2.05) is 24.3 Å². The second-order valence-corrected chi connectivity index (χ2v) is 6.82. The molecule has 21 heavy (non-hydrogen) atoms. The lowest BCUT2D eigenvalue weighted by Crippen LogP contribution is -2.52. The van der Waals surface area contributed by atoms with Crippen molar-refractivity contribution in [3.8, 4) is 0 Å². The predicted molar refractivity (Wildman–Crippen MR) is 85.6 cm³/mol.